The molecule has 4 heterocycles. The van der Waals surface area contributed by atoms with Crippen LogP contribution in [0.25, 0.3) is 16.5 Å². The SMILES string of the molecule is Cc1ncsc1-c1ccc([C@H](C)NC(=O)[C@@H]2C[C@@H](O)CN2C(=O)[C@@H](NC(=O)CCCCc2cccc(NC(=O)C(CCC(N)=O)NC(=O)[C@@H]3Cc4cccc5c4N3C(=O)[C@@H](NC(=O)C3=Cc4cc(C(=O)P(=O)(O)O)ccc4C3)CC5)c2Cl)C(C)(C)C)cc1. The number of nitrogens with two attached hydrogens (primary N) is 1. The van der Waals surface area contributed by atoms with Gasteiger partial charge in [-0.3, -0.25) is 52.6 Å². The number of primary amides is 1. The molecule has 3 aliphatic heterocycles. The van der Waals surface area contributed by atoms with Crippen LogP contribution in [0, 0.1) is 12.3 Å². The minimum Gasteiger partial charge on any atom is -0.391 e. The van der Waals surface area contributed by atoms with Gasteiger partial charge in [0.05, 0.1) is 44.6 Å². The molecule has 464 valence electrons. The summed E-state index contributed by atoms with van der Waals surface area (Å²) in [5.41, 5.74) is 11.9. The number of aromatic nitrogens is 1. The second kappa shape index (κ2) is 26.8. The number of likely N-dealkylation sites (tertiary alicyclic amines) is 1. The molecule has 0 saturated carbocycles. The Morgan fingerprint density at radius 3 is 2.30 bits per heavy atom. The Morgan fingerprint density at radius 2 is 1.60 bits per heavy atom. The Balaban J connectivity index is 0.794. The lowest BCUT2D eigenvalue weighted by Gasteiger charge is -2.35. The number of fused-ring (bicyclic) bond motifs is 1. The van der Waals surface area contributed by atoms with E-state index in [1.54, 1.807) is 41.1 Å². The molecule has 7 atom stereocenters. The molecule has 0 radical (unpaired) electrons. The molecular weight excluding hydrogens is 1190 g/mol. The summed E-state index contributed by atoms with van der Waals surface area (Å²) in [4.78, 5) is 150. The molecule has 4 aliphatic rings. The number of nitrogens with zero attached hydrogens (tertiary/aromatic N) is 3. The number of aryl methyl sites for hydroxylation is 3. The summed E-state index contributed by atoms with van der Waals surface area (Å²) in [6, 6.07) is 16.3. The number of hydrogen-bond acceptors (Lipinski definition) is 13. The number of hydrogen-bond donors (Lipinski definition) is 9. The topological polar surface area (TPSA) is 337 Å². The lowest BCUT2D eigenvalue weighted by Crippen LogP contribution is -2.57. The maximum absolute atomic E-state index is 14.6. The van der Waals surface area contributed by atoms with Gasteiger partial charge in [0.25, 0.3) is 5.52 Å². The van der Waals surface area contributed by atoms with E-state index in [0.717, 1.165) is 27.3 Å². The van der Waals surface area contributed by atoms with E-state index in [1.807, 2.05) is 71.0 Å². The van der Waals surface area contributed by atoms with Crippen molar-refractivity contribution in [2.75, 3.05) is 16.8 Å². The number of benzene rings is 4. The van der Waals surface area contributed by atoms with Crippen molar-refractivity contribution in [1.29, 1.82) is 0 Å². The van der Waals surface area contributed by atoms with Crippen molar-refractivity contribution in [1.82, 2.24) is 31.2 Å². The number of halogens is 1. The second-order valence-corrected chi connectivity index (χ2v) is 26.7. The molecule has 1 fully saturated rings. The van der Waals surface area contributed by atoms with Gasteiger partial charge in [0.15, 0.2) is 0 Å². The molecule has 10 N–H and O–H groups in total. The van der Waals surface area contributed by atoms with Crippen LogP contribution in [0.3, 0.4) is 0 Å². The molecule has 1 unspecified atom stereocenters. The van der Waals surface area contributed by atoms with E-state index in [1.165, 1.54) is 34.1 Å². The number of nitrogens with one attached hydrogen (secondary N) is 5. The van der Waals surface area contributed by atoms with Gasteiger partial charge < -0.3 is 52.1 Å². The third-order valence-electron chi connectivity index (χ3n) is 16.5. The van der Waals surface area contributed by atoms with Crippen molar-refractivity contribution in [2.24, 2.45) is 11.1 Å². The summed E-state index contributed by atoms with van der Waals surface area (Å²) < 4.78 is 11.6. The quantitative estimate of drug-likeness (QED) is 0.0288. The smallest absolute Gasteiger partial charge is 0.391 e. The number of thiazole rings is 1. The Hall–Kier alpha value is -7.92. The number of β-amino-alcohol motifs (C(OH)–C–C–N with tert-alkyl or cyclic N) is 1. The van der Waals surface area contributed by atoms with Gasteiger partial charge >= 0.3 is 7.60 Å². The predicted octanol–water partition coefficient (Wildman–Crippen LogP) is 5.89. The minimum atomic E-state index is -5.06. The first kappa shape index (κ1) is 64.6. The van der Waals surface area contributed by atoms with E-state index in [2.05, 4.69) is 31.6 Å². The number of carbonyl (C=O) groups is 9. The molecule has 1 aliphatic carbocycles. The van der Waals surface area contributed by atoms with E-state index in [0.29, 0.717) is 53.6 Å². The first-order valence-corrected chi connectivity index (χ1v) is 32.0. The maximum atomic E-state index is 14.6. The Bertz CT molecular complexity index is 3690. The number of anilines is 2. The van der Waals surface area contributed by atoms with Crippen molar-refractivity contribution in [2.45, 2.75) is 148 Å². The van der Waals surface area contributed by atoms with E-state index in [-0.39, 0.29) is 73.3 Å². The molecule has 0 spiro atoms. The van der Waals surface area contributed by atoms with Crippen LogP contribution in [-0.4, -0.2) is 120 Å². The fraction of sp³-hybridized carbons (Fsp3) is 0.397. The molecule has 5 aromatic rings. The van der Waals surface area contributed by atoms with Gasteiger partial charge in [-0.05, 0) is 115 Å². The van der Waals surface area contributed by atoms with Gasteiger partial charge in [-0.2, -0.15) is 0 Å². The fourth-order valence-corrected chi connectivity index (χ4v) is 13.3. The summed E-state index contributed by atoms with van der Waals surface area (Å²) >= 11 is 8.46. The van der Waals surface area contributed by atoms with Crippen molar-refractivity contribution < 1.29 is 62.6 Å². The van der Waals surface area contributed by atoms with Gasteiger partial charge in [-0.15, -0.1) is 11.3 Å². The Kier molecular flexibility index (Phi) is 19.7. The number of para-hydroxylation sites is 1. The lowest BCUT2D eigenvalue weighted by molar-refractivity contribution is -0.144. The van der Waals surface area contributed by atoms with Crippen LogP contribution in [0.15, 0.2) is 89.9 Å². The molecular formula is C63H71ClN9O13PS. The standard InChI is InChI=1S/C63H71ClN9O13PS/c1-33(35-16-18-38(19-17-35)54-34(2)66-32-88-54)67-58(79)48-30-44(74)31-72(48)61(82)55(63(3,4)5)71-51(76)15-7-6-10-36-11-9-14-45(52(36)64)68-57(78)46(24-25-50(65)75)69-59(80)49-29-40-13-8-12-37-22-23-47(60(81)73(49)53(37)40)70-56(77)43-26-39-20-21-41(27-42(39)28-43)62(83)87(84,85)86/h8-9,11-14,16-21,27-28,32-33,44,46-49,55,74H,6-7,10,15,22-26,29-31H2,1-5H3,(H2,65,75)(H,67,79)(H,68,78)(H,69,80)(H,70,77)(H,71,76)(H2,84,85,86)/t33-,44+,46?,47-,48-,49-,55+/m0/s1. The molecule has 25 heteroatoms. The molecule has 1 saturated heterocycles. The molecule has 88 heavy (non-hydrogen) atoms. The van der Waals surface area contributed by atoms with Gasteiger partial charge in [0.1, 0.15) is 30.2 Å². The molecule has 1 aromatic heterocycles. The maximum Gasteiger partial charge on any atom is 0.396 e. The van der Waals surface area contributed by atoms with Crippen molar-refractivity contribution in [3.63, 3.8) is 0 Å². The van der Waals surface area contributed by atoms with Crippen LogP contribution in [0.1, 0.15) is 128 Å². The molecule has 0 bridgehead atoms. The third-order valence-corrected chi connectivity index (χ3v) is 18.7. The third kappa shape index (κ3) is 14.6. The Labute approximate surface area is 517 Å². The van der Waals surface area contributed by atoms with E-state index in [4.69, 9.17) is 17.3 Å². The zero-order chi connectivity index (χ0) is 63.5. The highest BCUT2D eigenvalue weighted by Crippen LogP contribution is 2.42. The van der Waals surface area contributed by atoms with Crippen LogP contribution in [0.5, 0.6) is 0 Å². The van der Waals surface area contributed by atoms with E-state index < -0.39 is 108 Å². The Morgan fingerprint density at radius 1 is 0.886 bits per heavy atom. The predicted molar refractivity (Wildman–Crippen MR) is 331 cm³/mol. The zero-order valence-corrected chi connectivity index (χ0v) is 51.7. The number of carbonyl (C=O) groups excluding carboxylic acids is 9. The lowest BCUT2D eigenvalue weighted by atomic mass is 9.85. The van der Waals surface area contributed by atoms with Crippen molar-refractivity contribution in [3.05, 3.63) is 140 Å². The summed E-state index contributed by atoms with van der Waals surface area (Å²) in [6.07, 6.45) is 2.07. The average molecular weight is 1260 g/mol. The molecule has 8 amide bonds. The van der Waals surface area contributed by atoms with Crippen molar-refractivity contribution in [3.8, 4) is 10.4 Å². The zero-order valence-electron chi connectivity index (χ0n) is 49.3. The molecule has 22 nitrogen and oxygen atoms in total. The summed E-state index contributed by atoms with van der Waals surface area (Å²) in [5.74, 6) is -4.64. The number of amides is 8. The minimum absolute atomic E-state index is 0.0355. The summed E-state index contributed by atoms with van der Waals surface area (Å²) in [5, 5.41) is 25.2. The van der Waals surface area contributed by atoms with E-state index in [9.17, 15) is 62.6 Å². The number of aliphatic hydroxyl groups is 1. The normalized spacial score (nSPS) is 18.9. The first-order chi connectivity index (χ1) is 41.7. The van der Waals surface area contributed by atoms with Gasteiger partial charge in [-0.25, -0.2) is 4.98 Å². The monoisotopic (exact) mass is 1260 g/mol. The van der Waals surface area contributed by atoms with Crippen LogP contribution in [-0.2, 0) is 68.6 Å². The van der Waals surface area contributed by atoms with Gasteiger partial charge in [0, 0.05) is 49.8 Å². The van der Waals surface area contributed by atoms with Crippen LogP contribution >= 0.6 is 30.5 Å². The fourth-order valence-electron chi connectivity index (χ4n) is 11.8. The number of unbranched alkanes of at least 4 members (excludes halogenated alkanes) is 1. The van der Waals surface area contributed by atoms with E-state index >= 15 is 0 Å². The highest BCUT2D eigenvalue weighted by molar-refractivity contribution is 7.70. The largest absolute Gasteiger partial charge is 0.396 e. The van der Waals surface area contributed by atoms with Crippen molar-refractivity contribution >= 4 is 101 Å². The summed E-state index contributed by atoms with van der Waals surface area (Å²) in [6.45, 7) is 9.14. The second-order valence-electron chi connectivity index (χ2n) is 23.9. The van der Waals surface area contributed by atoms with Crippen LogP contribution in [0.4, 0.5) is 11.4 Å². The van der Waals surface area contributed by atoms with Gasteiger partial charge in [0.2, 0.25) is 47.3 Å². The first-order valence-electron chi connectivity index (χ1n) is 29.1. The summed E-state index contributed by atoms with van der Waals surface area (Å²) in [7, 11) is -5.06. The molecule has 9 rings (SSSR count). The van der Waals surface area contributed by atoms with Crippen LogP contribution in [0.2, 0.25) is 5.02 Å². The molecule has 4 aromatic carbocycles. The highest BCUT2D eigenvalue weighted by atomic mass is 35.5. The number of rotatable bonds is 22. The highest BCUT2D eigenvalue weighted by Gasteiger charge is 2.47. The van der Waals surface area contributed by atoms with Crippen LogP contribution < -0.4 is 37.2 Å². The number of aliphatic hydroxyl groups excluding tert-OH is 1. The van der Waals surface area contributed by atoms with Gasteiger partial charge in [-0.1, -0.05) is 99.1 Å². The average Bonchev–Trinajstić information content (AvgIpc) is 1.93.